The van der Waals surface area contributed by atoms with Gasteiger partial charge in [0.1, 0.15) is 0 Å². The monoisotopic (exact) mass is 379 g/mol. The van der Waals surface area contributed by atoms with E-state index in [1.54, 1.807) is 7.05 Å². The predicted molar refractivity (Wildman–Crippen MR) is 111 cm³/mol. The number of hydrogen-bond donors (Lipinski definition) is 0. The third-order valence-electron chi connectivity index (χ3n) is 5.25. The Hall–Kier alpha value is -3.09. The molecule has 3 heterocycles. The van der Waals surface area contributed by atoms with Gasteiger partial charge in [-0.3, -0.25) is 13.9 Å². The van der Waals surface area contributed by atoms with E-state index in [0.717, 1.165) is 44.0 Å². The SMILES string of the molecule is C=C(C)Cn1c(=O)c2c(nc3n2CCCN3CCc2ccccc2)n(C)c1=O. The average molecular weight is 379 g/mol. The Morgan fingerprint density at radius 3 is 2.64 bits per heavy atom. The number of aromatic nitrogens is 4. The van der Waals surface area contributed by atoms with Gasteiger partial charge in [-0.05, 0) is 25.3 Å². The summed E-state index contributed by atoms with van der Waals surface area (Å²) in [5.74, 6) is 0.775. The van der Waals surface area contributed by atoms with Crippen LogP contribution in [-0.4, -0.2) is 31.8 Å². The number of benzene rings is 1. The van der Waals surface area contributed by atoms with Gasteiger partial charge in [-0.25, -0.2) is 4.79 Å². The number of imidazole rings is 1. The number of rotatable bonds is 5. The normalized spacial score (nSPS) is 13.7. The van der Waals surface area contributed by atoms with Crippen LogP contribution in [0.1, 0.15) is 18.9 Å². The maximum atomic E-state index is 13.1. The molecule has 0 fully saturated rings. The van der Waals surface area contributed by atoms with Gasteiger partial charge in [-0.2, -0.15) is 4.98 Å². The Kier molecular flexibility index (Phi) is 4.66. The Bertz CT molecular complexity index is 1150. The minimum absolute atomic E-state index is 0.222. The molecule has 1 aromatic carbocycles. The van der Waals surface area contributed by atoms with Crippen molar-refractivity contribution < 1.29 is 0 Å². The van der Waals surface area contributed by atoms with E-state index in [1.165, 1.54) is 14.7 Å². The molecule has 7 nitrogen and oxygen atoms in total. The molecule has 0 radical (unpaired) electrons. The van der Waals surface area contributed by atoms with E-state index in [1.807, 2.05) is 29.7 Å². The summed E-state index contributed by atoms with van der Waals surface area (Å²) in [6, 6.07) is 10.3. The van der Waals surface area contributed by atoms with E-state index in [-0.39, 0.29) is 17.8 Å². The lowest BCUT2D eigenvalue weighted by molar-refractivity contribution is 0.562. The van der Waals surface area contributed by atoms with Gasteiger partial charge in [0.05, 0.1) is 6.54 Å². The molecular formula is C21H25N5O2. The van der Waals surface area contributed by atoms with Crippen LogP contribution in [0, 0.1) is 0 Å². The fourth-order valence-electron chi connectivity index (χ4n) is 3.86. The van der Waals surface area contributed by atoms with Crippen LogP contribution in [-0.2, 0) is 26.6 Å². The van der Waals surface area contributed by atoms with Crippen molar-refractivity contribution in [2.45, 2.75) is 32.9 Å². The molecule has 0 N–H and O–H groups in total. The molecule has 0 amide bonds. The van der Waals surface area contributed by atoms with E-state index < -0.39 is 0 Å². The minimum atomic E-state index is -0.355. The first-order valence-corrected chi connectivity index (χ1v) is 9.60. The molecule has 3 aromatic rings. The average Bonchev–Trinajstić information content (AvgIpc) is 3.09. The number of nitrogens with zero attached hydrogens (tertiary/aromatic N) is 5. The van der Waals surface area contributed by atoms with Crippen molar-refractivity contribution >= 4 is 17.1 Å². The van der Waals surface area contributed by atoms with Crippen LogP contribution < -0.4 is 16.1 Å². The molecule has 7 heteroatoms. The smallest absolute Gasteiger partial charge is 0.332 e. The summed E-state index contributed by atoms with van der Waals surface area (Å²) in [6.45, 7) is 8.32. The molecule has 0 spiro atoms. The summed E-state index contributed by atoms with van der Waals surface area (Å²) in [6.07, 6.45) is 1.85. The molecular weight excluding hydrogens is 354 g/mol. The van der Waals surface area contributed by atoms with Crippen molar-refractivity contribution in [1.82, 2.24) is 18.7 Å². The second-order valence-electron chi connectivity index (χ2n) is 7.50. The highest BCUT2D eigenvalue weighted by Gasteiger charge is 2.25. The standard InChI is InChI=1S/C21H25N5O2/c1-15(2)14-26-19(27)17-18(23(3)21(26)28)22-20-24(11-7-12-25(17)20)13-10-16-8-5-4-6-9-16/h4-6,8-9H,1,7,10-14H2,2-3H3. The highest BCUT2D eigenvalue weighted by molar-refractivity contribution is 5.75. The highest BCUT2D eigenvalue weighted by Crippen LogP contribution is 2.24. The molecule has 0 aliphatic carbocycles. The highest BCUT2D eigenvalue weighted by atomic mass is 16.2. The van der Waals surface area contributed by atoms with E-state index in [4.69, 9.17) is 4.98 Å². The molecule has 4 rings (SSSR count). The number of fused-ring (bicyclic) bond motifs is 3. The van der Waals surface area contributed by atoms with E-state index in [9.17, 15) is 9.59 Å². The minimum Gasteiger partial charge on any atom is -0.342 e. The first kappa shape index (κ1) is 18.3. The summed E-state index contributed by atoms with van der Waals surface area (Å²) in [5, 5.41) is 0. The Morgan fingerprint density at radius 1 is 1.18 bits per heavy atom. The third kappa shape index (κ3) is 3.06. The lowest BCUT2D eigenvalue weighted by Gasteiger charge is -2.29. The van der Waals surface area contributed by atoms with Crippen LogP contribution in [0.25, 0.3) is 11.2 Å². The van der Waals surface area contributed by atoms with E-state index in [0.29, 0.717) is 11.2 Å². The second-order valence-corrected chi connectivity index (χ2v) is 7.50. The summed E-state index contributed by atoms with van der Waals surface area (Å²) >= 11 is 0. The zero-order valence-corrected chi connectivity index (χ0v) is 16.4. The van der Waals surface area contributed by atoms with E-state index >= 15 is 0 Å². The summed E-state index contributed by atoms with van der Waals surface area (Å²) in [4.78, 5) is 32.7. The molecule has 146 valence electrons. The molecule has 2 aromatic heterocycles. The zero-order valence-electron chi connectivity index (χ0n) is 16.4. The van der Waals surface area contributed by atoms with Gasteiger partial charge >= 0.3 is 5.69 Å². The number of hydrogen-bond acceptors (Lipinski definition) is 4. The lowest BCUT2D eigenvalue weighted by atomic mass is 10.1. The van der Waals surface area contributed by atoms with Crippen molar-refractivity contribution in [1.29, 1.82) is 0 Å². The largest absolute Gasteiger partial charge is 0.342 e. The van der Waals surface area contributed by atoms with Crippen molar-refractivity contribution in [2.75, 3.05) is 18.0 Å². The first-order valence-electron chi connectivity index (χ1n) is 9.60. The fraction of sp³-hybridized carbons (Fsp3) is 0.381. The quantitative estimate of drug-likeness (QED) is 0.636. The van der Waals surface area contributed by atoms with Gasteiger partial charge in [0.2, 0.25) is 5.95 Å². The van der Waals surface area contributed by atoms with Crippen LogP contribution in [0.3, 0.4) is 0 Å². The maximum absolute atomic E-state index is 13.1. The van der Waals surface area contributed by atoms with Crippen LogP contribution in [0.5, 0.6) is 0 Å². The zero-order chi connectivity index (χ0) is 19.8. The van der Waals surface area contributed by atoms with E-state index in [2.05, 4.69) is 23.6 Å². The molecule has 28 heavy (non-hydrogen) atoms. The summed E-state index contributed by atoms with van der Waals surface area (Å²) in [5.41, 5.74) is 2.35. The molecule has 0 unspecified atom stereocenters. The Balaban J connectivity index is 1.78. The molecule has 0 atom stereocenters. The summed E-state index contributed by atoms with van der Waals surface area (Å²) in [7, 11) is 1.67. The molecule has 1 aliphatic heterocycles. The summed E-state index contributed by atoms with van der Waals surface area (Å²) < 4.78 is 4.70. The van der Waals surface area contributed by atoms with Crippen molar-refractivity contribution in [2.24, 2.45) is 7.05 Å². The Labute approximate surface area is 163 Å². The van der Waals surface area contributed by atoms with Gasteiger partial charge in [0, 0.05) is 26.7 Å². The number of aryl methyl sites for hydroxylation is 2. The first-order chi connectivity index (χ1) is 13.5. The van der Waals surface area contributed by atoms with Crippen molar-refractivity contribution in [3.8, 4) is 0 Å². The molecule has 0 saturated carbocycles. The van der Waals surface area contributed by atoms with Crippen LogP contribution in [0.2, 0.25) is 0 Å². The van der Waals surface area contributed by atoms with Gasteiger partial charge in [-0.1, -0.05) is 42.5 Å². The van der Waals surface area contributed by atoms with Gasteiger partial charge in [0.25, 0.3) is 5.56 Å². The van der Waals surface area contributed by atoms with Crippen LogP contribution >= 0.6 is 0 Å². The second kappa shape index (κ2) is 7.14. The van der Waals surface area contributed by atoms with Crippen molar-refractivity contribution in [3.63, 3.8) is 0 Å². The van der Waals surface area contributed by atoms with Gasteiger partial charge in [-0.15, -0.1) is 0 Å². The number of allylic oxidation sites excluding steroid dienone is 1. The lowest BCUT2D eigenvalue weighted by Crippen LogP contribution is -2.40. The molecule has 0 bridgehead atoms. The topological polar surface area (TPSA) is 65.1 Å². The van der Waals surface area contributed by atoms with Gasteiger partial charge < -0.3 is 9.47 Å². The van der Waals surface area contributed by atoms with Gasteiger partial charge in [0.15, 0.2) is 11.2 Å². The Morgan fingerprint density at radius 2 is 1.93 bits per heavy atom. The van der Waals surface area contributed by atoms with Crippen LogP contribution in [0.15, 0.2) is 52.1 Å². The third-order valence-corrected chi connectivity index (χ3v) is 5.25. The van der Waals surface area contributed by atoms with Crippen molar-refractivity contribution in [3.05, 3.63) is 68.9 Å². The van der Waals surface area contributed by atoms with Crippen LogP contribution in [0.4, 0.5) is 5.95 Å². The molecule has 0 saturated heterocycles. The number of anilines is 1. The molecule has 1 aliphatic rings. The predicted octanol–water partition coefficient (Wildman–Crippen LogP) is 1.93. The fourth-order valence-corrected chi connectivity index (χ4v) is 3.86. The maximum Gasteiger partial charge on any atom is 0.332 e.